The van der Waals surface area contributed by atoms with Gasteiger partial charge in [0.05, 0.1) is 6.21 Å². The summed E-state index contributed by atoms with van der Waals surface area (Å²) in [6.45, 7) is -1.31. The minimum atomic E-state index is -2.87. The number of rotatable bonds is 7. The van der Waals surface area contributed by atoms with Crippen LogP contribution in [0.2, 0.25) is 0 Å². The molecule has 0 aliphatic rings. The van der Waals surface area contributed by atoms with Crippen LogP contribution in [-0.4, -0.2) is 24.8 Å². The predicted molar refractivity (Wildman–Crippen MR) is 94.0 cm³/mol. The molecule has 0 aliphatic heterocycles. The summed E-state index contributed by atoms with van der Waals surface area (Å²) in [4.78, 5) is 17.1. The van der Waals surface area contributed by atoms with Gasteiger partial charge in [-0.3, -0.25) is 4.79 Å². The van der Waals surface area contributed by atoms with Crippen molar-refractivity contribution < 1.29 is 23.1 Å². The van der Waals surface area contributed by atoms with E-state index in [0.717, 1.165) is 4.47 Å². The van der Waals surface area contributed by atoms with Crippen LogP contribution >= 0.6 is 15.9 Å². The van der Waals surface area contributed by atoms with Crippen LogP contribution in [0.15, 0.2) is 58.2 Å². The Balaban J connectivity index is 1.83. The van der Waals surface area contributed by atoms with E-state index in [9.17, 15) is 13.6 Å². The highest BCUT2D eigenvalue weighted by Crippen LogP contribution is 2.15. The fourth-order valence-corrected chi connectivity index (χ4v) is 2.01. The number of alkyl halides is 2. The monoisotopic (exact) mass is 412 g/mol. The average Bonchev–Trinajstić information content (AvgIpc) is 2.58. The highest BCUT2D eigenvalue weighted by molar-refractivity contribution is 9.10. The third kappa shape index (κ3) is 6.50. The molecule has 132 valence electrons. The molecule has 0 aliphatic carbocycles. The molecule has 5 nitrogen and oxygen atoms in total. The first kappa shape index (κ1) is 18.9. The molecule has 8 heteroatoms. The summed E-state index contributed by atoms with van der Waals surface area (Å²) in [7, 11) is 0. The maximum absolute atomic E-state index is 12.1. The van der Waals surface area contributed by atoms with Gasteiger partial charge in [-0.1, -0.05) is 21.1 Å². The second-order valence-corrected chi connectivity index (χ2v) is 5.84. The third-order valence-electron chi connectivity index (χ3n) is 3.01. The quantitative estimate of drug-likeness (QED) is 0.540. The van der Waals surface area contributed by atoms with Crippen molar-refractivity contribution in [3.63, 3.8) is 0 Å². The molecule has 0 heterocycles. The zero-order chi connectivity index (χ0) is 18.2. The van der Waals surface area contributed by atoms with Crippen LogP contribution in [0.5, 0.6) is 5.75 Å². The summed E-state index contributed by atoms with van der Waals surface area (Å²) >= 11 is 3.31. The molecule has 0 bridgehead atoms. The van der Waals surface area contributed by atoms with Crippen LogP contribution in [-0.2, 0) is 9.63 Å². The second kappa shape index (κ2) is 9.12. The van der Waals surface area contributed by atoms with Gasteiger partial charge in [0.25, 0.3) is 5.91 Å². The first-order valence-corrected chi connectivity index (χ1v) is 8.04. The van der Waals surface area contributed by atoms with E-state index in [1.807, 2.05) is 0 Å². The Morgan fingerprint density at radius 1 is 1.16 bits per heavy atom. The first-order chi connectivity index (χ1) is 11.9. The summed E-state index contributed by atoms with van der Waals surface area (Å²) in [5, 5.41) is 6.42. The minimum absolute atomic E-state index is 0.0512. The van der Waals surface area contributed by atoms with Crippen molar-refractivity contribution in [2.45, 2.75) is 19.6 Å². The molecule has 1 unspecified atom stereocenters. The number of ether oxygens (including phenoxy) is 1. The maximum Gasteiger partial charge on any atom is 0.387 e. The number of carbonyl (C=O) groups excluding carboxylic acids is 1. The molecule has 0 saturated carbocycles. The topological polar surface area (TPSA) is 59.9 Å². The molecule has 2 aromatic rings. The van der Waals surface area contributed by atoms with Crippen molar-refractivity contribution in [2.24, 2.45) is 5.16 Å². The maximum atomic E-state index is 12.1. The lowest BCUT2D eigenvalue weighted by Crippen LogP contribution is -2.26. The van der Waals surface area contributed by atoms with Crippen molar-refractivity contribution in [2.75, 3.05) is 5.32 Å². The number of anilines is 1. The fourth-order valence-electron chi connectivity index (χ4n) is 1.74. The van der Waals surface area contributed by atoms with Gasteiger partial charge < -0.3 is 14.9 Å². The molecule has 1 N–H and O–H groups in total. The lowest BCUT2D eigenvalue weighted by atomic mass is 10.2. The summed E-state index contributed by atoms with van der Waals surface area (Å²) in [5.74, 6) is -0.296. The summed E-state index contributed by atoms with van der Waals surface area (Å²) in [5.41, 5.74) is 1.25. The van der Waals surface area contributed by atoms with Crippen molar-refractivity contribution in [3.8, 4) is 5.75 Å². The highest BCUT2D eigenvalue weighted by atomic mass is 79.9. The van der Waals surface area contributed by atoms with E-state index in [1.54, 1.807) is 31.2 Å². The number of hydrogen-bond acceptors (Lipinski definition) is 4. The van der Waals surface area contributed by atoms with Crippen molar-refractivity contribution >= 4 is 33.7 Å². The molecule has 1 atom stereocenters. The highest BCUT2D eigenvalue weighted by Gasteiger charge is 2.14. The van der Waals surface area contributed by atoms with Crippen LogP contribution in [0.1, 0.15) is 12.5 Å². The molecule has 0 aromatic heterocycles. The molecule has 0 saturated heterocycles. The number of hydrogen-bond donors (Lipinski definition) is 1. The number of amides is 1. The van der Waals surface area contributed by atoms with Gasteiger partial charge in [-0.25, -0.2) is 0 Å². The Hall–Kier alpha value is -2.48. The van der Waals surface area contributed by atoms with Gasteiger partial charge in [0.2, 0.25) is 6.10 Å². The van der Waals surface area contributed by atoms with E-state index in [1.165, 1.54) is 30.5 Å². The van der Waals surface area contributed by atoms with Crippen LogP contribution in [0.25, 0.3) is 0 Å². The number of oxime groups is 1. The van der Waals surface area contributed by atoms with E-state index < -0.39 is 12.7 Å². The fraction of sp³-hybridized carbons (Fsp3) is 0.176. The lowest BCUT2D eigenvalue weighted by Gasteiger charge is -2.10. The Bertz CT molecular complexity index is 722. The van der Waals surface area contributed by atoms with Gasteiger partial charge >= 0.3 is 6.61 Å². The largest absolute Gasteiger partial charge is 0.435 e. The standard InChI is InChI=1S/C17H15BrF2N2O3/c1-11(16(23)22-14-6-4-13(18)5-7-14)25-21-10-12-2-8-15(9-3-12)24-17(19)20/h2-11,17H,1H3,(H,22,23)/b21-10+. The molecule has 0 spiro atoms. The molecule has 1 amide bonds. The van der Waals surface area contributed by atoms with Crippen molar-refractivity contribution in [1.29, 1.82) is 0 Å². The summed E-state index contributed by atoms with van der Waals surface area (Å²) in [6.07, 6.45) is 0.566. The van der Waals surface area contributed by atoms with E-state index >= 15 is 0 Å². The van der Waals surface area contributed by atoms with Crippen molar-refractivity contribution in [3.05, 3.63) is 58.6 Å². The Labute approximate surface area is 151 Å². The van der Waals surface area contributed by atoms with E-state index in [-0.39, 0.29) is 11.7 Å². The lowest BCUT2D eigenvalue weighted by molar-refractivity contribution is -0.126. The first-order valence-electron chi connectivity index (χ1n) is 7.24. The molecule has 2 aromatic carbocycles. The smallest absolute Gasteiger partial charge is 0.387 e. The Kier molecular flexibility index (Phi) is 6.88. The van der Waals surface area contributed by atoms with E-state index in [0.29, 0.717) is 11.3 Å². The van der Waals surface area contributed by atoms with E-state index in [2.05, 4.69) is 31.1 Å². The zero-order valence-corrected chi connectivity index (χ0v) is 14.7. The molecular weight excluding hydrogens is 398 g/mol. The van der Waals surface area contributed by atoms with Gasteiger partial charge in [0.15, 0.2) is 0 Å². The third-order valence-corrected chi connectivity index (χ3v) is 3.54. The average molecular weight is 413 g/mol. The van der Waals surface area contributed by atoms with Gasteiger partial charge in [0.1, 0.15) is 5.75 Å². The van der Waals surface area contributed by atoms with Crippen LogP contribution in [0.4, 0.5) is 14.5 Å². The molecule has 0 radical (unpaired) electrons. The van der Waals surface area contributed by atoms with Crippen LogP contribution in [0.3, 0.4) is 0 Å². The number of nitrogens with one attached hydrogen (secondary N) is 1. The Morgan fingerprint density at radius 2 is 1.80 bits per heavy atom. The predicted octanol–water partition coefficient (Wildman–Crippen LogP) is 4.43. The van der Waals surface area contributed by atoms with Crippen molar-refractivity contribution in [1.82, 2.24) is 0 Å². The van der Waals surface area contributed by atoms with Gasteiger partial charge in [-0.2, -0.15) is 8.78 Å². The summed E-state index contributed by atoms with van der Waals surface area (Å²) < 4.78 is 29.3. The molecular formula is C17H15BrF2N2O3. The number of benzene rings is 2. The number of carbonyl (C=O) groups is 1. The molecule has 25 heavy (non-hydrogen) atoms. The van der Waals surface area contributed by atoms with Gasteiger partial charge in [0, 0.05) is 10.2 Å². The van der Waals surface area contributed by atoms with Gasteiger partial charge in [-0.05, 0) is 61.0 Å². The molecule has 0 fully saturated rings. The van der Waals surface area contributed by atoms with Gasteiger partial charge in [-0.15, -0.1) is 0 Å². The summed E-state index contributed by atoms with van der Waals surface area (Å²) in [6, 6.07) is 13.0. The van der Waals surface area contributed by atoms with Crippen LogP contribution < -0.4 is 10.1 Å². The molecule has 2 rings (SSSR count). The van der Waals surface area contributed by atoms with Crippen LogP contribution in [0, 0.1) is 0 Å². The second-order valence-electron chi connectivity index (χ2n) is 4.93. The normalized spacial score (nSPS) is 12.2. The number of halogens is 3. The van der Waals surface area contributed by atoms with E-state index in [4.69, 9.17) is 4.84 Å². The number of nitrogens with zero attached hydrogens (tertiary/aromatic N) is 1. The minimum Gasteiger partial charge on any atom is -0.435 e. The SMILES string of the molecule is CC(O/N=C/c1ccc(OC(F)F)cc1)C(=O)Nc1ccc(Br)cc1. The Morgan fingerprint density at radius 3 is 2.40 bits per heavy atom. The zero-order valence-electron chi connectivity index (χ0n) is 13.2.